The van der Waals surface area contributed by atoms with E-state index in [-0.39, 0.29) is 11.5 Å². The third kappa shape index (κ3) is 0.541. The maximum absolute atomic E-state index is 9.81. The van der Waals surface area contributed by atoms with Gasteiger partial charge in [0.2, 0.25) is 0 Å². The fraction of sp³-hybridized carbons (Fsp3) is 1.00. The molecule has 2 aliphatic carbocycles. The molecular formula is C9H14O2. The van der Waals surface area contributed by atoms with E-state index in [0.29, 0.717) is 12.0 Å². The Bertz CT molecular complexity index is 186. The number of ether oxygens (including phenoxy) is 1. The van der Waals surface area contributed by atoms with Crippen molar-refractivity contribution in [3.8, 4) is 0 Å². The third-order valence-corrected chi connectivity index (χ3v) is 3.98. The van der Waals surface area contributed by atoms with Crippen LogP contribution in [0.25, 0.3) is 0 Å². The van der Waals surface area contributed by atoms with E-state index in [1.807, 2.05) is 0 Å². The number of fused-ring (bicyclic) bond motifs is 2. The summed E-state index contributed by atoms with van der Waals surface area (Å²) in [5.74, 6) is 0.496. The Labute approximate surface area is 66.5 Å². The quantitative estimate of drug-likeness (QED) is 0.562. The summed E-state index contributed by atoms with van der Waals surface area (Å²) >= 11 is 0. The number of aliphatic hydroxyl groups is 1. The normalized spacial score (nSPS) is 51.5. The van der Waals surface area contributed by atoms with Gasteiger partial charge in [-0.2, -0.15) is 0 Å². The lowest BCUT2D eigenvalue weighted by Gasteiger charge is -2.60. The van der Waals surface area contributed by atoms with E-state index in [9.17, 15) is 5.11 Å². The molecule has 1 saturated heterocycles. The Kier molecular flexibility index (Phi) is 1.06. The van der Waals surface area contributed by atoms with E-state index >= 15 is 0 Å². The van der Waals surface area contributed by atoms with Gasteiger partial charge in [0, 0.05) is 17.9 Å². The standard InChI is InChI=1S/C9H14O2/c10-7-6-2-5-11-8(6)9(7)3-1-4-9/h6-8,10H,1-5H2. The lowest BCUT2D eigenvalue weighted by atomic mass is 9.48. The molecule has 3 unspecified atom stereocenters. The number of rotatable bonds is 0. The molecule has 2 nitrogen and oxygen atoms in total. The van der Waals surface area contributed by atoms with E-state index in [4.69, 9.17) is 4.74 Å². The molecule has 1 spiro atoms. The molecule has 2 heteroatoms. The van der Waals surface area contributed by atoms with Crippen LogP contribution >= 0.6 is 0 Å². The number of hydrogen-bond donors (Lipinski definition) is 1. The molecule has 1 aliphatic heterocycles. The summed E-state index contributed by atoms with van der Waals surface area (Å²) in [6.45, 7) is 0.883. The Hall–Kier alpha value is -0.0800. The Morgan fingerprint density at radius 1 is 1.36 bits per heavy atom. The molecule has 3 atom stereocenters. The average Bonchev–Trinajstić information content (AvgIpc) is 2.29. The Balaban J connectivity index is 1.86. The third-order valence-electron chi connectivity index (χ3n) is 3.98. The fourth-order valence-electron chi connectivity index (χ4n) is 3.16. The minimum Gasteiger partial charge on any atom is -0.392 e. The van der Waals surface area contributed by atoms with Crippen molar-refractivity contribution in [2.24, 2.45) is 11.3 Å². The highest BCUT2D eigenvalue weighted by molar-refractivity contribution is 5.15. The monoisotopic (exact) mass is 154 g/mol. The summed E-state index contributed by atoms with van der Waals surface area (Å²) in [5, 5.41) is 9.81. The number of aliphatic hydroxyl groups excluding tert-OH is 1. The summed E-state index contributed by atoms with van der Waals surface area (Å²) in [6, 6.07) is 0. The zero-order valence-corrected chi connectivity index (χ0v) is 6.62. The van der Waals surface area contributed by atoms with E-state index in [1.54, 1.807) is 0 Å². The van der Waals surface area contributed by atoms with Gasteiger partial charge >= 0.3 is 0 Å². The highest BCUT2D eigenvalue weighted by Gasteiger charge is 2.66. The van der Waals surface area contributed by atoms with Gasteiger partial charge in [-0.05, 0) is 19.3 Å². The van der Waals surface area contributed by atoms with Gasteiger partial charge in [0.1, 0.15) is 0 Å². The lowest BCUT2D eigenvalue weighted by molar-refractivity contribution is -0.235. The summed E-state index contributed by atoms with van der Waals surface area (Å²) in [4.78, 5) is 0. The second-order valence-corrected chi connectivity index (χ2v) is 4.28. The van der Waals surface area contributed by atoms with Crippen LogP contribution in [0.4, 0.5) is 0 Å². The largest absolute Gasteiger partial charge is 0.392 e. The first kappa shape index (κ1) is 6.44. The SMILES string of the molecule is OC1C2CCOC2C12CCC2. The van der Waals surface area contributed by atoms with Crippen LogP contribution in [-0.2, 0) is 4.74 Å². The van der Waals surface area contributed by atoms with Gasteiger partial charge in [-0.15, -0.1) is 0 Å². The summed E-state index contributed by atoms with van der Waals surface area (Å²) in [7, 11) is 0. The molecule has 62 valence electrons. The molecule has 2 saturated carbocycles. The second-order valence-electron chi connectivity index (χ2n) is 4.28. The first-order chi connectivity index (χ1) is 5.34. The lowest BCUT2D eigenvalue weighted by Crippen LogP contribution is -2.66. The molecule has 11 heavy (non-hydrogen) atoms. The van der Waals surface area contributed by atoms with Gasteiger partial charge in [0.25, 0.3) is 0 Å². The predicted molar refractivity (Wildman–Crippen MR) is 40.1 cm³/mol. The minimum absolute atomic E-state index is 0.0243. The highest BCUT2D eigenvalue weighted by Crippen LogP contribution is 2.62. The van der Waals surface area contributed by atoms with Crippen LogP contribution in [0, 0.1) is 11.3 Å². The Morgan fingerprint density at radius 2 is 2.18 bits per heavy atom. The molecule has 0 aromatic rings. The molecular weight excluding hydrogens is 140 g/mol. The van der Waals surface area contributed by atoms with Crippen LogP contribution in [0.2, 0.25) is 0 Å². The first-order valence-electron chi connectivity index (χ1n) is 4.64. The van der Waals surface area contributed by atoms with Gasteiger partial charge in [-0.25, -0.2) is 0 Å². The van der Waals surface area contributed by atoms with Crippen LogP contribution in [-0.4, -0.2) is 23.9 Å². The smallest absolute Gasteiger partial charge is 0.0709 e. The van der Waals surface area contributed by atoms with Crippen molar-refractivity contribution in [2.75, 3.05) is 6.61 Å². The summed E-state index contributed by atoms with van der Waals surface area (Å²) < 4.78 is 5.62. The van der Waals surface area contributed by atoms with Crippen LogP contribution in [0.15, 0.2) is 0 Å². The maximum atomic E-state index is 9.81. The molecule has 3 aliphatic rings. The molecule has 0 radical (unpaired) electrons. The maximum Gasteiger partial charge on any atom is 0.0709 e. The van der Waals surface area contributed by atoms with Gasteiger partial charge in [-0.3, -0.25) is 0 Å². The molecule has 3 fully saturated rings. The predicted octanol–water partition coefficient (Wildman–Crippen LogP) is 0.936. The van der Waals surface area contributed by atoms with E-state index in [2.05, 4.69) is 0 Å². The Morgan fingerprint density at radius 3 is 2.82 bits per heavy atom. The van der Waals surface area contributed by atoms with Gasteiger partial charge in [-0.1, -0.05) is 6.42 Å². The number of hydrogen-bond acceptors (Lipinski definition) is 2. The van der Waals surface area contributed by atoms with Gasteiger partial charge in [0.05, 0.1) is 12.2 Å². The molecule has 0 bridgehead atoms. The summed E-state index contributed by atoms with van der Waals surface area (Å²) in [6.07, 6.45) is 5.21. The topological polar surface area (TPSA) is 29.5 Å². The van der Waals surface area contributed by atoms with E-state index < -0.39 is 0 Å². The van der Waals surface area contributed by atoms with E-state index in [1.165, 1.54) is 19.3 Å². The van der Waals surface area contributed by atoms with Crippen molar-refractivity contribution in [2.45, 2.75) is 37.9 Å². The van der Waals surface area contributed by atoms with Crippen molar-refractivity contribution >= 4 is 0 Å². The molecule has 0 amide bonds. The van der Waals surface area contributed by atoms with Gasteiger partial charge < -0.3 is 9.84 Å². The fourth-order valence-corrected chi connectivity index (χ4v) is 3.16. The van der Waals surface area contributed by atoms with Crippen LogP contribution in [0.3, 0.4) is 0 Å². The highest BCUT2D eigenvalue weighted by atomic mass is 16.5. The molecule has 1 N–H and O–H groups in total. The molecule has 1 heterocycles. The minimum atomic E-state index is -0.0243. The first-order valence-corrected chi connectivity index (χ1v) is 4.64. The molecule has 0 aromatic carbocycles. The van der Waals surface area contributed by atoms with Crippen molar-refractivity contribution in [3.63, 3.8) is 0 Å². The summed E-state index contributed by atoms with van der Waals surface area (Å²) in [5.41, 5.74) is 0.237. The molecule has 0 aromatic heterocycles. The van der Waals surface area contributed by atoms with Crippen LogP contribution in [0.5, 0.6) is 0 Å². The van der Waals surface area contributed by atoms with Crippen molar-refractivity contribution < 1.29 is 9.84 Å². The van der Waals surface area contributed by atoms with Gasteiger partial charge in [0.15, 0.2) is 0 Å². The van der Waals surface area contributed by atoms with Crippen LogP contribution < -0.4 is 0 Å². The van der Waals surface area contributed by atoms with Crippen molar-refractivity contribution in [3.05, 3.63) is 0 Å². The average molecular weight is 154 g/mol. The zero-order chi connectivity index (χ0) is 7.47. The van der Waals surface area contributed by atoms with Crippen LogP contribution in [0.1, 0.15) is 25.7 Å². The second kappa shape index (κ2) is 1.80. The zero-order valence-electron chi connectivity index (χ0n) is 6.62. The van der Waals surface area contributed by atoms with Crippen molar-refractivity contribution in [1.82, 2.24) is 0 Å². The molecule has 3 rings (SSSR count). The van der Waals surface area contributed by atoms with Crippen molar-refractivity contribution in [1.29, 1.82) is 0 Å². The van der Waals surface area contributed by atoms with E-state index in [0.717, 1.165) is 13.0 Å².